The molecule has 24 heavy (non-hydrogen) atoms. The molecule has 1 aliphatic rings. The summed E-state index contributed by atoms with van der Waals surface area (Å²) >= 11 is 0. The molecule has 2 N–H and O–H groups in total. The highest BCUT2D eigenvalue weighted by molar-refractivity contribution is 5.95. The Kier molecular flexibility index (Phi) is 5.77. The standard InChI is InChI=1S/C17H25N3O4/c1-11-6-12(2)10-19(9-11)15-5-4-14(7-16(15)20(23)24)17(22)18-8-13(3)21/h4-5,7,11-13,21H,6,8-10H2,1-3H3,(H,18,22). The van der Waals surface area contributed by atoms with E-state index in [1.54, 1.807) is 19.1 Å². The Bertz CT molecular complexity index is 608. The molecule has 3 unspecified atom stereocenters. The number of amides is 1. The van der Waals surface area contributed by atoms with Crippen LogP contribution in [0.4, 0.5) is 11.4 Å². The first-order valence-electron chi connectivity index (χ1n) is 8.27. The average molecular weight is 335 g/mol. The predicted molar refractivity (Wildman–Crippen MR) is 92.3 cm³/mol. The number of aliphatic hydroxyl groups excluding tert-OH is 1. The van der Waals surface area contributed by atoms with Gasteiger partial charge in [-0.3, -0.25) is 14.9 Å². The lowest BCUT2D eigenvalue weighted by atomic mass is 9.91. The molecule has 0 saturated carbocycles. The number of carbonyl (C=O) groups excluding carboxylic acids is 1. The first kappa shape index (κ1) is 18.2. The number of nitro groups is 1. The van der Waals surface area contributed by atoms with E-state index >= 15 is 0 Å². The molecule has 0 aliphatic carbocycles. The van der Waals surface area contributed by atoms with Crippen LogP contribution in [0, 0.1) is 22.0 Å². The molecule has 1 heterocycles. The van der Waals surface area contributed by atoms with Crippen LogP contribution >= 0.6 is 0 Å². The summed E-state index contributed by atoms with van der Waals surface area (Å²) in [5.74, 6) is 0.524. The fourth-order valence-electron chi connectivity index (χ4n) is 3.28. The summed E-state index contributed by atoms with van der Waals surface area (Å²) < 4.78 is 0. The fourth-order valence-corrected chi connectivity index (χ4v) is 3.28. The highest BCUT2D eigenvalue weighted by Crippen LogP contribution is 2.33. The van der Waals surface area contributed by atoms with Crippen molar-refractivity contribution in [2.45, 2.75) is 33.3 Å². The number of aliphatic hydroxyl groups is 1. The van der Waals surface area contributed by atoms with Gasteiger partial charge < -0.3 is 15.3 Å². The van der Waals surface area contributed by atoms with E-state index in [1.807, 2.05) is 4.90 Å². The quantitative estimate of drug-likeness (QED) is 0.635. The molecule has 1 aromatic rings. The van der Waals surface area contributed by atoms with E-state index in [1.165, 1.54) is 6.07 Å². The Hall–Kier alpha value is -2.15. The molecule has 7 heteroatoms. The third kappa shape index (κ3) is 4.44. The highest BCUT2D eigenvalue weighted by Gasteiger charge is 2.27. The predicted octanol–water partition coefficient (Wildman–Crippen LogP) is 2.19. The number of nitrogens with zero attached hydrogens (tertiary/aromatic N) is 2. The van der Waals surface area contributed by atoms with Crippen molar-refractivity contribution in [3.63, 3.8) is 0 Å². The number of nitrogens with one attached hydrogen (secondary N) is 1. The van der Waals surface area contributed by atoms with E-state index in [2.05, 4.69) is 19.2 Å². The molecule has 0 aromatic heterocycles. The summed E-state index contributed by atoms with van der Waals surface area (Å²) in [6.45, 7) is 7.51. The molecule has 0 radical (unpaired) electrons. The zero-order valence-corrected chi connectivity index (χ0v) is 14.4. The summed E-state index contributed by atoms with van der Waals surface area (Å²) in [5, 5.41) is 23.3. The molecule has 3 atom stereocenters. The number of benzene rings is 1. The molecule has 1 aliphatic heterocycles. The van der Waals surface area contributed by atoms with E-state index in [9.17, 15) is 20.0 Å². The minimum absolute atomic E-state index is 0.0546. The second-order valence-electron chi connectivity index (χ2n) is 6.87. The van der Waals surface area contributed by atoms with Crippen LogP contribution in [0.5, 0.6) is 0 Å². The van der Waals surface area contributed by atoms with E-state index in [4.69, 9.17) is 0 Å². The smallest absolute Gasteiger partial charge is 0.293 e. The van der Waals surface area contributed by atoms with Crippen LogP contribution in [0.1, 0.15) is 37.6 Å². The van der Waals surface area contributed by atoms with E-state index in [0.717, 1.165) is 19.5 Å². The van der Waals surface area contributed by atoms with Crippen molar-refractivity contribution < 1.29 is 14.8 Å². The first-order valence-corrected chi connectivity index (χ1v) is 8.27. The maximum atomic E-state index is 12.1. The van der Waals surface area contributed by atoms with E-state index < -0.39 is 16.9 Å². The number of carbonyl (C=O) groups is 1. The van der Waals surface area contributed by atoms with Gasteiger partial charge in [-0.15, -0.1) is 0 Å². The molecular formula is C17H25N3O4. The van der Waals surface area contributed by atoms with Crippen LogP contribution in [0.2, 0.25) is 0 Å². The summed E-state index contributed by atoms with van der Waals surface area (Å²) in [7, 11) is 0. The molecule has 132 valence electrons. The molecule has 1 saturated heterocycles. The average Bonchev–Trinajstić information content (AvgIpc) is 2.50. The minimum Gasteiger partial charge on any atom is -0.392 e. The van der Waals surface area contributed by atoms with Gasteiger partial charge in [0.25, 0.3) is 11.6 Å². The lowest BCUT2D eigenvalue weighted by molar-refractivity contribution is -0.384. The number of anilines is 1. The SMILES string of the molecule is CC(O)CNC(=O)c1ccc(N2CC(C)CC(C)C2)c([N+](=O)[O-])c1. The van der Waals surface area contributed by atoms with Crippen LogP contribution in [0.15, 0.2) is 18.2 Å². The molecule has 0 spiro atoms. The Balaban J connectivity index is 2.27. The van der Waals surface area contributed by atoms with Crippen molar-refractivity contribution in [2.75, 3.05) is 24.5 Å². The Labute approximate surface area is 141 Å². The molecular weight excluding hydrogens is 310 g/mol. The summed E-state index contributed by atoms with van der Waals surface area (Å²) in [6, 6.07) is 4.57. The number of hydrogen-bond donors (Lipinski definition) is 2. The van der Waals surface area contributed by atoms with Gasteiger partial charge in [-0.2, -0.15) is 0 Å². The van der Waals surface area contributed by atoms with Crippen molar-refractivity contribution in [2.24, 2.45) is 11.8 Å². The van der Waals surface area contributed by atoms with Gasteiger partial charge in [-0.1, -0.05) is 13.8 Å². The summed E-state index contributed by atoms with van der Waals surface area (Å²) in [6.07, 6.45) is 0.448. The monoisotopic (exact) mass is 335 g/mol. The van der Waals surface area contributed by atoms with Gasteiger partial charge in [0.05, 0.1) is 11.0 Å². The number of nitro benzene ring substituents is 1. The van der Waals surface area contributed by atoms with Crippen molar-refractivity contribution in [1.82, 2.24) is 5.32 Å². The van der Waals surface area contributed by atoms with Gasteiger partial charge in [-0.25, -0.2) is 0 Å². The molecule has 2 rings (SSSR count). The summed E-state index contributed by atoms with van der Waals surface area (Å²) in [5.41, 5.74) is 0.732. The van der Waals surface area contributed by atoms with Crippen molar-refractivity contribution in [3.8, 4) is 0 Å². The van der Waals surface area contributed by atoms with Gasteiger partial charge in [0, 0.05) is 31.3 Å². The molecule has 1 amide bonds. The maximum absolute atomic E-state index is 12.1. The summed E-state index contributed by atoms with van der Waals surface area (Å²) in [4.78, 5) is 25.1. The zero-order chi connectivity index (χ0) is 17.9. The van der Waals surface area contributed by atoms with Gasteiger partial charge in [0.1, 0.15) is 5.69 Å². The van der Waals surface area contributed by atoms with Crippen molar-refractivity contribution >= 4 is 17.3 Å². The number of hydrogen-bond acceptors (Lipinski definition) is 5. The third-order valence-electron chi connectivity index (χ3n) is 4.20. The number of piperidine rings is 1. The normalized spacial score (nSPS) is 22.1. The Morgan fingerprint density at radius 1 is 1.42 bits per heavy atom. The zero-order valence-electron chi connectivity index (χ0n) is 14.4. The first-order chi connectivity index (χ1) is 11.3. The van der Waals surface area contributed by atoms with Crippen LogP contribution in [0.3, 0.4) is 0 Å². The molecule has 7 nitrogen and oxygen atoms in total. The lowest BCUT2D eigenvalue weighted by Gasteiger charge is -2.36. The molecule has 1 fully saturated rings. The van der Waals surface area contributed by atoms with E-state index in [-0.39, 0.29) is 17.8 Å². The topological polar surface area (TPSA) is 95.7 Å². The fraction of sp³-hybridized carbons (Fsp3) is 0.588. The third-order valence-corrected chi connectivity index (χ3v) is 4.20. The Morgan fingerprint density at radius 2 is 2.04 bits per heavy atom. The van der Waals surface area contributed by atoms with Gasteiger partial charge in [0.15, 0.2) is 0 Å². The second-order valence-corrected chi connectivity index (χ2v) is 6.87. The van der Waals surface area contributed by atoms with Crippen LogP contribution in [-0.4, -0.2) is 41.7 Å². The van der Waals surface area contributed by atoms with Crippen LogP contribution in [-0.2, 0) is 0 Å². The van der Waals surface area contributed by atoms with E-state index in [0.29, 0.717) is 17.5 Å². The van der Waals surface area contributed by atoms with Crippen LogP contribution < -0.4 is 10.2 Å². The maximum Gasteiger partial charge on any atom is 0.293 e. The molecule has 1 aromatic carbocycles. The second kappa shape index (κ2) is 7.61. The van der Waals surface area contributed by atoms with Crippen LogP contribution in [0.25, 0.3) is 0 Å². The van der Waals surface area contributed by atoms with Crippen molar-refractivity contribution in [1.29, 1.82) is 0 Å². The molecule has 0 bridgehead atoms. The highest BCUT2D eigenvalue weighted by atomic mass is 16.6. The Morgan fingerprint density at radius 3 is 2.58 bits per heavy atom. The van der Waals surface area contributed by atoms with Crippen molar-refractivity contribution in [3.05, 3.63) is 33.9 Å². The van der Waals surface area contributed by atoms with Gasteiger partial charge in [0.2, 0.25) is 0 Å². The van der Waals surface area contributed by atoms with Gasteiger partial charge >= 0.3 is 0 Å². The van der Waals surface area contributed by atoms with Gasteiger partial charge in [-0.05, 0) is 37.3 Å². The minimum atomic E-state index is -0.667. The number of rotatable bonds is 5. The lowest BCUT2D eigenvalue weighted by Crippen LogP contribution is -2.39. The largest absolute Gasteiger partial charge is 0.392 e.